The average molecular weight is 325 g/mol. The fraction of sp³-hybridized carbons (Fsp3) is 0.364. The van der Waals surface area contributed by atoms with Gasteiger partial charge >= 0.3 is 6.18 Å². The molecule has 0 aliphatic heterocycles. The molecule has 3 N–H and O–H groups in total. The van der Waals surface area contributed by atoms with Crippen molar-refractivity contribution in [1.29, 1.82) is 0 Å². The minimum absolute atomic E-state index is 0.249. The van der Waals surface area contributed by atoms with Crippen LogP contribution in [0.15, 0.2) is 22.7 Å². The zero-order chi connectivity index (χ0) is 14.1. The van der Waals surface area contributed by atoms with Crippen molar-refractivity contribution in [3.8, 4) is 0 Å². The normalized spacial score (nSPS) is 15.1. The minimum atomic E-state index is -4.81. The minimum Gasteiger partial charge on any atom is -0.324 e. The van der Waals surface area contributed by atoms with Crippen LogP contribution in [0.4, 0.5) is 18.9 Å². The first-order valence-electron chi connectivity index (χ1n) is 4.99. The molecule has 0 spiro atoms. The maximum Gasteiger partial charge on any atom is 0.415 e. The molecule has 3 nitrogen and oxygen atoms in total. The second kappa shape index (κ2) is 4.89. The van der Waals surface area contributed by atoms with Crippen molar-refractivity contribution < 1.29 is 18.0 Å². The van der Waals surface area contributed by atoms with Gasteiger partial charge in [-0.05, 0) is 31.5 Å². The van der Waals surface area contributed by atoms with E-state index in [9.17, 15) is 18.0 Å². The predicted molar refractivity (Wildman–Crippen MR) is 66.2 cm³/mol. The van der Waals surface area contributed by atoms with E-state index in [4.69, 9.17) is 5.73 Å². The number of nitrogens with two attached hydrogens (primary N) is 1. The fourth-order valence-electron chi connectivity index (χ4n) is 1.06. The lowest BCUT2D eigenvalue weighted by atomic mass is 10.0. The maximum absolute atomic E-state index is 12.5. The van der Waals surface area contributed by atoms with Gasteiger partial charge in [-0.2, -0.15) is 13.2 Å². The van der Waals surface area contributed by atoms with Crippen LogP contribution in [0.1, 0.15) is 12.5 Å². The summed E-state index contributed by atoms with van der Waals surface area (Å²) in [7, 11) is 0. The maximum atomic E-state index is 12.5. The smallest absolute Gasteiger partial charge is 0.324 e. The highest BCUT2D eigenvalue weighted by atomic mass is 79.9. The van der Waals surface area contributed by atoms with Crippen LogP contribution in [0.3, 0.4) is 0 Å². The van der Waals surface area contributed by atoms with Crippen molar-refractivity contribution in [1.82, 2.24) is 0 Å². The molecule has 0 saturated carbocycles. The van der Waals surface area contributed by atoms with Gasteiger partial charge in [0.05, 0.1) is 0 Å². The van der Waals surface area contributed by atoms with Crippen molar-refractivity contribution in [2.45, 2.75) is 25.6 Å². The molecule has 0 radical (unpaired) electrons. The number of hydrogen-bond donors (Lipinski definition) is 2. The summed E-state index contributed by atoms with van der Waals surface area (Å²) in [4.78, 5) is 11.5. The standard InChI is InChI=1S/C11H12BrF3N2O/c1-6-3-4-7(5-8(6)12)17-9(18)10(2,16)11(13,14)15/h3-5H,16H2,1-2H3,(H,17,18). The van der Waals surface area contributed by atoms with E-state index in [-0.39, 0.29) is 5.69 Å². The zero-order valence-electron chi connectivity index (χ0n) is 9.73. The summed E-state index contributed by atoms with van der Waals surface area (Å²) < 4.78 is 38.3. The molecule has 1 amide bonds. The highest BCUT2D eigenvalue weighted by Gasteiger charge is 2.53. The van der Waals surface area contributed by atoms with Crippen LogP contribution >= 0.6 is 15.9 Å². The topological polar surface area (TPSA) is 55.1 Å². The van der Waals surface area contributed by atoms with Crippen LogP contribution in [0.5, 0.6) is 0 Å². The Labute approximate surface area is 111 Å². The SMILES string of the molecule is Cc1ccc(NC(=O)C(C)(N)C(F)(F)F)cc1Br. The van der Waals surface area contributed by atoms with Gasteiger partial charge in [-0.3, -0.25) is 4.79 Å². The molecule has 0 saturated heterocycles. The summed E-state index contributed by atoms with van der Waals surface area (Å²) >= 11 is 3.22. The van der Waals surface area contributed by atoms with Crippen LogP contribution < -0.4 is 11.1 Å². The van der Waals surface area contributed by atoms with E-state index in [2.05, 4.69) is 21.2 Å². The molecule has 7 heteroatoms. The van der Waals surface area contributed by atoms with Gasteiger partial charge in [-0.1, -0.05) is 22.0 Å². The van der Waals surface area contributed by atoms with Crippen molar-refractivity contribution in [2.24, 2.45) is 5.73 Å². The second-order valence-corrected chi connectivity index (χ2v) is 4.97. The molecule has 1 aromatic carbocycles. The van der Waals surface area contributed by atoms with Gasteiger partial charge in [0, 0.05) is 10.2 Å². The lowest BCUT2D eigenvalue weighted by molar-refractivity contribution is -0.184. The van der Waals surface area contributed by atoms with E-state index in [0.717, 1.165) is 5.56 Å². The Balaban J connectivity index is 2.91. The number of halogens is 4. The zero-order valence-corrected chi connectivity index (χ0v) is 11.3. The van der Waals surface area contributed by atoms with Gasteiger partial charge < -0.3 is 11.1 Å². The van der Waals surface area contributed by atoms with E-state index >= 15 is 0 Å². The Morgan fingerprint density at radius 1 is 1.39 bits per heavy atom. The number of benzene rings is 1. The molecule has 0 heterocycles. The van der Waals surface area contributed by atoms with Crippen molar-refractivity contribution in [3.63, 3.8) is 0 Å². The Morgan fingerprint density at radius 2 is 1.94 bits per heavy atom. The van der Waals surface area contributed by atoms with E-state index in [1.165, 1.54) is 12.1 Å². The summed E-state index contributed by atoms with van der Waals surface area (Å²) in [5, 5.41) is 2.14. The van der Waals surface area contributed by atoms with Gasteiger partial charge in [0.1, 0.15) is 0 Å². The lowest BCUT2D eigenvalue weighted by Crippen LogP contribution is -2.59. The van der Waals surface area contributed by atoms with E-state index in [1.54, 1.807) is 6.07 Å². The van der Waals surface area contributed by atoms with Crippen LogP contribution in [0.2, 0.25) is 0 Å². The Morgan fingerprint density at radius 3 is 2.39 bits per heavy atom. The number of carbonyl (C=O) groups is 1. The number of alkyl halides is 3. The van der Waals surface area contributed by atoms with Crippen LogP contribution in [-0.2, 0) is 4.79 Å². The predicted octanol–water partition coefficient (Wildman–Crippen LogP) is 2.98. The fourth-order valence-corrected chi connectivity index (χ4v) is 1.44. The first kappa shape index (κ1) is 15.0. The number of rotatable bonds is 2. The molecule has 0 aliphatic rings. The van der Waals surface area contributed by atoms with Crippen LogP contribution in [-0.4, -0.2) is 17.6 Å². The third kappa shape index (κ3) is 3.02. The summed E-state index contributed by atoms with van der Waals surface area (Å²) in [6, 6.07) is 4.69. The molecule has 100 valence electrons. The Hall–Kier alpha value is -1.08. The van der Waals surface area contributed by atoms with Crippen molar-refractivity contribution in [2.75, 3.05) is 5.32 Å². The number of anilines is 1. The molecular weight excluding hydrogens is 313 g/mol. The molecule has 0 aliphatic carbocycles. The van der Waals surface area contributed by atoms with Gasteiger partial charge in [0.2, 0.25) is 0 Å². The molecule has 0 fully saturated rings. The monoisotopic (exact) mass is 324 g/mol. The highest BCUT2D eigenvalue weighted by molar-refractivity contribution is 9.10. The number of hydrogen-bond acceptors (Lipinski definition) is 2. The number of aryl methyl sites for hydroxylation is 1. The third-order valence-corrected chi connectivity index (χ3v) is 3.34. The first-order chi connectivity index (χ1) is 8.05. The summed E-state index contributed by atoms with van der Waals surface area (Å²) in [5.74, 6) is -1.30. The summed E-state index contributed by atoms with van der Waals surface area (Å²) in [6.45, 7) is 2.45. The van der Waals surface area contributed by atoms with Crippen molar-refractivity contribution in [3.05, 3.63) is 28.2 Å². The van der Waals surface area contributed by atoms with E-state index in [0.29, 0.717) is 11.4 Å². The van der Waals surface area contributed by atoms with E-state index in [1.807, 2.05) is 6.92 Å². The van der Waals surface area contributed by atoms with Gasteiger partial charge in [0.25, 0.3) is 5.91 Å². The number of carbonyl (C=O) groups excluding carboxylic acids is 1. The van der Waals surface area contributed by atoms with Gasteiger partial charge in [-0.25, -0.2) is 0 Å². The van der Waals surface area contributed by atoms with Crippen LogP contribution in [0, 0.1) is 6.92 Å². The quantitative estimate of drug-likeness (QED) is 0.878. The molecule has 1 rings (SSSR count). The average Bonchev–Trinajstić information content (AvgIpc) is 2.21. The number of nitrogens with one attached hydrogen (secondary N) is 1. The first-order valence-corrected chi connectivity index (χ1v) is 5.78. The summed E-state index contributed by atoms with van der Waals surface area (Å²) in [5.41, 5.74) is 3.23. The van der Waals surface area contributed by atoms with Gasteiger partial charge in [-0.15, -0.1) is 0 Å². The van der Waals surface area contributed by atoms with Crippen molar-refractivity contribution >= 4 is 27.5 Å². The number of amides is 1. The molecule has 1 atom stereocenters. The van der Waals surface area contributed by atoms with Crippen LogP contribution in [0.25, 0.3) is 0 Å². The third-order valence-electron chi connectivity index (χ3n) is 2.49. The molecular formula is C11H12BrF3N2O. The van der Waals surface area contributed by atoms with E-state index < -0.39 is 17.6 Å². The Kier molecular flexibility index (Phi) is 4.07. The Bertz CT molecular complexity index is 472. The molecule has 1 aromatic rings. The second-order valence-electron chi connectivity index (χ2n) is 4.12. The summed E-state index contributed by atoms with van der Waals surface area (Å²) in [6.07, 6.45) is -4.81. The van der Waals surface area contributed by atoms with Gasteiger partial charge in [0.15, 0.2) is 5.54 Å². The molecule has 0 aromatic heterocycles. The molecule has 0 bridgehead atoms. The highest BCUT2D eigenvalue weighted by Crippen LogP contribution is 2.29. The lowest BCUT2D eigenvalue weighted by Gasteiger charge is -2.26. The largest absolute Gasteiger partial charge is 0.415 e. The molecule has 18 heavy (non-hydrogen) atoms. The molecule has 1 unspecified atom stereocenters.